The van der Waals surface area contributed by atoms with Crippen molar-refractivity contribution in [2.24, 2.45) is 0 Å². The Hall–Kier alpha value is -2.74. The number of hydrogen-bond acceptors (Lipinski definition) is 5. The van der Waals surface area contributed by atoms with Crippen LogP contribution in [0.2, 0.25) is 0 Å². The molecule has 7 nitrogen and oxygen atoms in total. The lowest BCUT2D eigenvalue weighted by atomic mass is 10.2. The number of methoxy groups -OCH3 is 1. The molecule has 0 radical (unpaired) electrons. The second-order valence-corrected chi connectivity index (χ2v) is 6.26. The molecule has 1 N–H and O–H groups in total. The molecule has 0 aliphatic rings. The fourth-order valence-corrected chi connectivity index (χ4v) is 2.76. The zero-order valence-corrected chi connectivity index (χ0v) is 15.5. The molecule has 2 heterocycles. The Labute approximate surface area is 153 Å². The van der Waals surface area contributed by atoms with E-state index in [1.807, 2.05) is 19.9 Å². The van der Waals surface area contributed by atoms with Gasteiger partial charge in [0.1, 0.15) is 5.75 Å². The summed E-state index contributed by atoms with van der Waals surface area (Å²) in [5.41, 5.74) is 2.78. The summed E-state index contributed by atoms with van der Waals surface area (Å²) in [5.74, 6) is 0.767. The molecule has 25 heavy (non-hydrogen) atoms. The second-order valence-electron chi connectivity index (χ2n) is 5.41. The maximum Gasteiger partial charge on any atom is 0.257 e. The van der Waals surface area contributed by atoms with Crippen LogP contribution in [0, 0.1) is 13.8 Å². The molecule has 2 aromatic heterocycles. The third-order valence-corrected chi connectivity index (χ3v) is 4.20. The van der Waals surface area contributed by atoms with E-state index in [9.17, 15) is 4.79 Å². The molecule has 0 aliphatic heterocycles. The van der Waals surface area contributed by atoms with E-state index >= 15 is 0 Å². The third-order valence-electron chi connectivity index (χ3n) is 3.51. The van der Waals surface area contributed by atoms with Gasteiger partial charge >= 0.3 is 0 Å². The lowest BCUT2D eigenvalue weighted by Crippen LogP contribution is -2.14. The van der Waals surface area contributed by atoms with Gasteiger partial charge in [-0.25, -0.2) is 14.6 Å². The van der Waals surface area contributed by atoms with Crippen LogP contribution >= 0.6 is 15.9 Å². The van der Waals surface area contributed by atoms with Gasteiger partial charge in [-0.1, -0.05) is 0 Å². The monoisotopic (exact) mass is 401 g/mol. The molecule has 3 rings (SSSR count). The first-order valence-electron chi connectivity index (χ1n) is 7.48. The van der Waals surface area contributed by atoms with Crippen molar-refractivity contribution in [3.63, 3.8) is 0 Å². The normalized spacial score (nSPS) is 10.6. The van der Waals surface area contributed by atoms with Crippen LogP contribution in [0.5, 0.6) is 5.75 Å². The number of benzene rings is 1. The Kier molecular flexibility index (Phi) is 4.80. The molecule has 3 aromatic rings. The third kappa shape index (κ3) is 3.69. The number of aryl methyl sites for hydroxylation is 2. The summed E-state index contributed by atoms with van der Waals surface area (Å²) in [4.78, 5) is 21.0. The van der Waals surface area contributed by atoms with Crippen LogP contribution in [0.25, 0.3) is 5.95 Å². The molecule has 0 aliphatic carbocycles. The number of halogens is 1. The van der Waals surface area contributed by atoms with E-state index in [-0.39, 0.29) is 5.91 Å². The first kappa shape index (κ1) is 17.1. The largest absolute Gasteiger partial charge is 0.497 e. The molecule has 0 saturated carbocycles. The van der Waals surface area contributed by atoms with E-state index in [0.29, 0.717) is 27.4 Å². The number of aromatic nitrogens is 4. The minimum absolute atomic E-state index is 0.284. The van der Waals surface area contributed by atoms with Gasteiger partial charge in [0.25, 0.3) is 11.9 Å². The highest BCUT2D eigenvalue weighted by atomic mass is 79.9. The lowest BCUT2D eigenvalue weighted by molar-refractivity contribution is 0.102. The van der Waals surface area contributed by atoms with Gasteiger partial charge in [-0.15, -0.1) is 0 Å². The van der Waals surface area contributed by atoms with Crippen molar-refractivity contribution in [1.29, 1.82) is 0 Å². The van der Waals surface area contributed by atoms with Gasteiger partial charge < -0.3 is 10.1 Å². The molecule has 0 atom stereocenters. The van der Waals surface area contributed by atoms with E-state index in [1.165, 1.54) is 0 Å². The molecule has 0 spiro atoms. The van der Waals surface area contributed by atoms with Gasteiger partial charge in [0.2, 0.25) is 0 Å². The van der Waals surface area contributed by atoms with Crippen LogP contribution in [0.3, 0.4) is 0 Å². The zero-order valence-electron chi connectivity index (χ0n) is 13.9. The minimum Gasteiger partial charge on any atom is -0.497 e. The molecule has 0 fully saturated rings. The number of carbonyl (C=O) groups excluding carboxylic acids is 1. The molecule has 128 valence electrons. The first-order valence-corrected chi connectivity index (χ1v) is 8.28. The number of hydrogen-bond donors (Lipinski definition) is 1. The molecule has 8 heteroatoms. The minimum atomic E-state index is -0.284. The summed E-state index contributed by atoms with van der Waals surface area (Å²) in [5, 5.41) is 7.10. The molecule has 0 unspecified atom stereocenters. The van der Waals surface area contributed by atoms with Crippen molar-refractivity contribution in [2.45, 2.75) is 13.8 Å². The number of rotatable bonds is 4. The van der Waals surface area contributed by atoms with Crippen LogP contribution in [0.1, 0.15) is 21.7 Å². The van der Waals surface area contributed by atoms with Crippen LogP contribution < -0.4 is 10.1 Å². The van der Waals surface area contributed by atoms with E-state index in [4.69, 9.17) is 4.74 Å². The predicted octanol–water partition coefficient (Wildman–Crippen LogP) is 3.30. The van der Waals surface area contributed by atoms with Gasteiger partial charge in [-0.2, -0.15) is 5.10 Å². The van der Waals surface area contributed by atoms with E-state index in [1.54, 1.807) is 42.4 Å². The lowest BCUT2D eigenvalue weighted by Gasteiger charge is -2.09. The van der Waals surface area contributed by atoms with Crippen molar-refractivity contribution in [1.82, 2.24) is 19.7 Å². The van der Waals surface area contributed by atoms with Crippen LogP contribution in [-0.4, -0.2) is 32.8 Å². The summed E-state index contributed by atoms with van der Waals surface area (Å²) in [6.45, 7) is 3.84. The summed E-state index contributed by atoms with van der Waals surface area (Å²) in [6.07, 6.45) is 3.09. The van der Waals surface area contributed by atoms with Crippen LogP contribution in [0.15, 0.2) is 41.1 Å². The molecule has 0 saturated heterocycles. The maximum atomic E-state index is 12.4. The summed E-state index contributed by atoms with van der Waals surface area (Å²) in [7, 11) is 1.55. The quantitative estimate of drug-likeness (QED) is 0.724. The Morgan fingerprint density at radius 2 is 1.92 bits per heavy atom. The van der Waals surface area contributed by atoms with Crippen molar-refractivity contribution in [3.05, 3.63) is 58.1 Å². The smallest absolute Gasteiger partial charge is 0.257 e. The number of nitrogens with one attached hydrogen (secondary N) is 1. The number of ether oxygens (including phenoxy) is 1. The summed E-state index contributed by atoms with van der Waals surface area (Å²) in [6, 6.07) is 7.13. The van der Waals surface area contributed by atoms with Crippen molar-refractivity contribution in [2.75, 3.05) is 12.4 Å². The Morgan fingerprint density at radius 1 is 1.20 bits per heavy atom. The Morgan fingerprint density at radius 3 is 2.52 bits per heavy atom. The maximum absolute atomic E-state index is 12.4. The second kappa shape index (κ2) is 7.02. The van der Waals surface area contributed by atoms with Gasteiger partial charge in [-0.05, 0) is 54.0 Å². The molecule has 0 bridgehead atoms. The highest BCUT2D eigenvalue weighted by Crippen LogP contribution is 2.23. The zero-order chi connectivity index (χ0) is 18.0. The average molecular weight is 402 g/mol. The average Bonchev–Trinajstić information content (AvgIpc) is 2.94. The van der Waals surface area contributed by atoms with Crippen LogP contribution in [0.4, 0.5) is 5.69 Å². The highest BCUT2D eigenvalue weighted by molar-refractivity contribution is 9.10. The van der Waals surface area contributed by atoms with Crippen LogP contribution in [-0.2, 0) is 0 Å². The van der Waals surface area contributed by atoms with Crippen molar-refractivity contribution in [3.8, 4) is 11.7 Å². The Balaban J connectivity index is 1.80. The number of carbonyl (C=O) groups is 1. The number of anilines is 1. The SMILES string of the molecule is COc1ccc(Br)c(C(=O)Nc2cnc(-n3nc(C)cc3C)nc2)c1. The standard InChI is InChI=1S/C17H16BrN5O2/c1-10-6-11(2)23(22-10)17-19-8-12(9-20-17)21-16(24)14-7-13(25-3)4-5-15(14)18/h4-9H,1-3H3,(H,21,24). The fraction of sp³-hybridized carbons (Fsp3) is 0.176. The van der Waals surface area contributed by atoms with Crippen molar-refractivity contribution < 1.29 is 9.53 Å². The van der Waals surface area contributed by atoms with Gasteiger partial charge in [0.05, 0.1) is 36.4 Å². The topological polar surface area (TPSA) is 81.9 Å². The molecular weight excluding hydrogens is 386 g/mol. The highest BCUT2D eigenvalue weighted by Gasteiger charge is 2.13. The van der Waals surface area contributed by atoms with Crippen molar-refractivity contribution >= 4 is 27.5 Å². The number of amides is 1. The van der Waals surface area contributed by atoms with E-state index in [0.717, 1.165) is 11.4 Å². The fourth-order valence-electron chi connectivity index (χ4n) is 2.33. The number of nitrogens with zero attached hydrogens (tertiary/aromatic N) is 4. The van der Waals surface area contributed by atoms with Gasteiger partial charge in [0.15, 0.2) is 0 Å². The molecule has 1 amide bonds. The van der Waals surface area contributed by atoms with E-state index in [2.05, 4.69) is 36.3 Å². The Bertz CT molecular complexity index is 921. The van der Waals surface area contributed by atoms with Gasteiger partial charge in [0, 0.05) is 10.2 Å². The van der Waals surface area contributed by atoms with E-state index < -0.39 is 0 Å². The van der Waals surface area contributed by atoms with Gasteiger partial charge in [-0.3, -0.25) is 4.79 Å². The predicted molar refractivity (Wildman–Crippen MR) is 97.3 cm³/mol. The first-order chi connectivity index (χ1) is 12.0. The summed E-state index contributed by atoms with van der Waals surface area (Å²) >= 11 is 3.37. The summed E-state index contributed by atoms with van der Waals surface area (Å²) < 4.78 is 7.48. The molecular formula is C17H16BrN5O2. The molecule has 1 aromatic carbocycles.